The van der Waals surface area contributed by atoms with Gasteiger partial charge in [0, 0.05) is 28.7 Å². The molecule has 0 fully saturated rings. The third kappa shape index (κ3) is 6.00. The molecule has 0 radical (unpaired) electrons. The van der Waals surface area contributed by atoms with Crippen LogP contribution in [-0.2, 0) is 15.8 Å². The minimum atomic E-state index is -4.00. The first-order valence-corrected chi connectivity index (χ1v) is 12.7. The van der Waals surface area contributed by atoms with Gasteiger partial charge < -0.3 is 5.32 Å². The van der Waals surface area contributed by atoms with Crippen molar-refractivity contribution in [3.63, 3.8) is 0 Å². The van der Waals surface area contributed by atoms with Crippen molar-refractivity contribution in [2.75, 3.05) is 10.0 Å². The van der Waals surface area contributed by atoms with E-state index >= 15 is 0 Å². The fourth-order valence-corrected chi connectivity index (χ4v) is 4.98. The number of sulfonamides is 1. The molecule has 34 heavy (non-hydrogen) atoms. The topological polar surface area (TPSA) is 88.2 Å². The van der Waals surface area contributed by atoms with Gasteiger partial charge in [-0.2, -0.15) is 0 Å². The highest BCUT2D eigenvalue weighted by atomic mass is 32.2. The largest absolute Gasteiger partial charge is 0.322 e. The zero-order chi connectivity index (χ0) is 24.0. The lowest BCUT2D eigenvalue weighted by atomic mass is 10.1. The van der Waals surface area contributed by atoms with E-state index in [4.69, 9.17) is 0 Å². The van der Waals surface area contributed by atoms with Gasteiger partial charge in [0.25, 0.3) is 15.9 Å². The van der Waals surface area contributed by atoms with Gasteiger partial charge in [0.05, 0.1) is 16.1 Å². The van der Waals surface area contributed by atoms with Gasteiger partial charge >= 0.3 is 0 Å². The van der Waals surface area contributed by atoms with Crippen LogP contribution in [0.5, 0.6) is 0 Å². The zero-order valence-corrected chi connectivity index (χ0v) is 19.4. The zero-order valence-electron chi connectivity index (χ0n) is 17.8. The summed E-state index contributed by atoms with van der Waals surface area (Å²) in [5.41, 5.74) is 1.97. The maximum Gasteiger partial charge on any atom is 0.261 e. The van der Waals surface area contributed by atoms with Crippen molar-refractivity contribution in [3.8, 4) is 0 Å². The molecule has 1 amide bonds. The first-order chi connectivity index (χ1) is 16.4. The van der Waals surface area contributed by atoms with Crippen LogP contribution in [0.25, 0.3) is 0 Å². The first kappa shape index (κ1) is 23.5. The number of carbonyl (C=O) groups excluding carboxylic acids is 1. The number of pyridine rings is 1. The van der Waals surface area contributed by atoms with Crippen LogP contribution in [0.1, 0.15) is 15.9 Å². The third-order valence-electron chi connectivity index (χ3n) is 4.78. The van der Waals surface area contributed by atoms with E-state index in [1.165, 1.54) is 12.1 Å². The average Bonchev–Trinajstić information content (AvgIpc) is 2.84. The van der Waals surface area contributed by atoms with Gasteiger partial charge in [0.1, 0.15) is 5.82 Å². The SMILES string of the molecule is O=C(Nc1ccc(SCc2cccnc2)cc1)c1ccccc1NS(=O)(=O)c1ccc(F)cc1. The fourth-order valence-electron chi connectivity index (χ4n) is 3.07. The molecule has 0 saturated heterocycles. The normalized spacial score (nSPS) is 11.1. The monoisotopic (exact) mass is 493 g/mol. The van der Waals surface area contributed by atoms with E-state index in [9.17, 15) is 17.6 Å². The van der Waals surface area contributed by atoms with Crippen LogP contribution in [0.15, 0.2) is 107 Å². The standard InChI is InChI=1S/C25H20FN3O3S2/c26-19-7-13-22(14-8-19)34(31,32)29-24-6-2-1-5-23(24)25(30)28-20-9-11-21(12-10-20)33-17-18-4-3-15-27-16-18/h1-16,29H,17H2,(H,28,30). The van der Waals surface area contributed by atoms with Crippen LogP contribution in [0.3, 0.4) is 0 Å². The van der Waals surface area contributed by atoms with Crippen LogP contribution >= 0.6 is 11.8 Å². The Balaban J connectivity index is 1.44. The van der Waals surface area contributed by atoms with E-state index in [1.54, 1.807) is 42.2 Å². The van der Waals surface area contributed by atoms with Crippen molar-refractivity contribution in [1.82, 2.24) is 4.98 Å². The molecule has 0 aliphatic carbocycles. The Morgan fingerprint density at radius 3 is 2.35 bits per heavy atom. The smallest absolute Gasteiger partial charge is 0.261 e. The number of rotatable bonds is 8. The van der Waals surface area contributed by atoms with E-state index in [2.05, 4.69) is 15.0 Å². The second kappa shape index (κ2) is 10.5. The Labute approximate surface area is 201 Å². The number of benzene rings is 3. The molecule has 6 nitrogen and oxygen atoms in total. The van der Waals surface area contributed by atoms with E-state index < -0.39 is 21.7 Å². The predicted molar refractivity (Wildman–Crippen MR) is 132 cm³/mol. The van der Waals surface area contributed by atoms with Crippen molar-refractivity contribution < 1.29 is 17.6 Å². The van der Waals surface area contributed by atoms with Gasteiger partial charge in [-0.25, -0.2) is 12.8 Å². The number of hydrogen-bond acceptors (Lipinski definition) is 5. The molecule has 0 saturated carbocycles. The molecule has 4 rings (SSSR count). The summed E-state index contributed by atoms with van der Waals surface area (Å²) in [5, 5.41) is 2.79. The van der Waals surface area contributed by atoms with E-state index in [-0.39, 0.29) is 16.1 Å². The lowest BCUT2D eigenvalue weighted by Crippen LogP contribution is -2.18. The van der Waals surface area contributed by atoms with Crippen LogP contribution in [0.2, 0.25) is 0 Å². The maximum atomic E-state index is 13.2. The van der Waals surface area contributed by atoms with E-state index in [1.807, 2.05) is 30.5 Å². The van der Waals surface area contributed by atoms with Crippen LogP contribution in [0.4, 0.5) is 15.8 Å². The minimum absolute atomic E-state index is 0.108. The van der Waals surface area contributed by atoms with Crippen molar-refractivity contribution >= 4 is 39.1 Å². The Morgan fingerprint density at radius 2 is 1.65 bits per heavy atom. The maximum absolute atomic E-state index is 13.2. The molecule has 1 aromatic heterocycles. The highest BCUT2D eigenvalue weighted by Crippen LogP contribution is 2.25. The molecule has 172 valence electrons. The first-order valence-electron chi connectivity index (χ1n) is 10.2. The summed E-state index contributed by atoms with van der Waals surface area (Å²) in [6.45, 7) is 0. The summed E-state index contributed by atoms with van der Waals surface area (Å²) < 4.78 is 40.9. The van der Waals surface area contributed by atoms with Crippen molar-refractivity contribution in [2.24, 2.45) is 0 Å². The Bertz CT molecular complexity index is 1380. The third-order valence-corrected chi connectivity index (χ3v) is 7.25. The minimum Gasteiger partial charge on any atom is -0.322 e. The average molecular weight is 494 g/mol. The van der Waals surface area contributed by atoms with Crippen molar-refractivity contribution in [1.29, 1.82) is 0 Å². The molecule has 0 atom stereocenters. The van der Waals surface area contributed by atoms with Crippen molar-refractivity contribution in [2.45, 2.75) is 15.5 Å². The summed E-state index contributed by atoms with van der Waals surface area (Å²) in [4.78, 5) is 17.9. The second-order valence-corrected chi connectivity index (χ2v) is 9.96. The Hall–Kier alpha value is -3.69. The molecule has 4 aromatic rings. The van der Waals surface area contributed by atoms with Gasteiger partial charge in [-0.15, -0.1) is 11.8 Å². The lowest BCUT2D eigenvalue weighted by Gasteiger charge is -2.13. The molecule has 0 bridgehead atoms. The molecule has 0 aliphatic heterocycles. The molecule has 0 aliphatic rings. The fraction of sp³-hybridized carbons (Fsp3) is 0.0400. The lowest BCUT2D eigenvalue weighted by molar-refractivity contribution is 0.102. The number of nitrogens with one attached hydrogen (secondary N) is 2. The summed E-state index contributed by atoms with van der Waals surface area (Å²) in [5.74, 6) is -0.227. The molecular weight excluding hydrogens is 473 g/mol. The van der Waals surface area contributed by atoms with Crippen LogP contribution in [-0.4, -0.2) is 19.3 Å². The highest BCUT2D eigenvalue weighted by molar-refractivity contribution is 7.98. The number of para-hydroxylation sites is 1. The number of carbonyl (C=O) groups is 1. The molecule has 2 N–H and O–H groups in total. The van der Waals surface area contributed by atoms with Gasteiger partial charge in [-0.3, -0.25) is 14.5 Å². The summed E-state index contributed by atoms with van der Waals surface area (Å²) in [6, 6.07) is 22.0. The number of amides is 1. The molecule has 0 spiro atoms. The molecular formula is C25H20FN3O3S2. The number of anilines is 2. The van der Waals surface area contributed by atoms with Gasteiger partial charge in [0.15, 0.2) is 0 Å². The molecule has 3 aromatic carbocycles. The molecule has 9 heteroatoms. The number of halogens is 1. The van der Waals surface area contributed by atoms with E-state index in [0.29, 0.717) is 5.69 Å². The Kier molecular flexibility index (Phi) is 7.24. The van der Waals surface area contributed by atoms with E-state index in [0.717, 1.165) is 40.5 Å². The van der Waals surface area contributed by atoms with Gasteiger partial charge in [-0.1, -0.05) is 18.2 Å². The summed E-state index contributed by atoms with van der Waals surface area (Å²) in [7, 11) is -4.00. The Morgan fingerprint density at radius 1 is 0.912 bits per heavy atom. The molecule has 0 unspecified atom stereocenters. The second-order valence-electron chi connectivity index (χ2n) is 7.23. The highest BCUT2D eigenvalue weighted by Gasteiger charge is 2.19. The number of thioether (sulfide) groups is 1. The van der Waals surface area contributed by atoms with Gasteiger partial charge in [-0.05, 0) is 72.3 Å². The predicted octanol–water partition coefficient (Wildman–Crippen LogP) is 5.57. The molecule has 1 heterocycles. The number of hydrogen-bond donors (Lipinski definition) is 2. The number of aromatic nitrogens is 1. The number of nitrogens with zero attached hydrogens (tertiary/aromatic N) is 1. The van der Waals surface area contributed by atoms with Gasteiger partial charge in [0.2, 0.25) is 0 Å². The summed E-state index contributed by atoms with van der Waals surface area (Å²) in [6.07, 6.45) is 3.56. The van der Waals surface area contributed by atoms with Crippen LogP contribution < -0.4 is 10.0 Å². The summed E-state index contributed by atoms with van der Waals surface area (Å²) >= 11 is 1.65. The van der Waals surface area contributed by atoms with Crippen LogP contribution in [0, 0.1) is 5.82 Å². The van der Waals surface area contributed by atoms with Crippen molar-refractivity contribution in [3.05, 3.63) is 114 Å². The quantitative estimate of drug-likeness (QED) is 0.314.